The predicted molar refractivity (Wildman–Crippen MR) is 72.0 cm³/mol. The first-order valence-corrected chi connectivity index (χ1v) is 6.29. The van der Waals surface area contributed by atoms with Crippen molar-refractivity contribution in [2.45, 2.75) is 11.8 Å². The van der Waals surface area contributed by atoms with E-state index in [2.05, 4.69) is 10.6 Å². The van der Waals surface area contributed by atoms with Crippen molar-refractivity contribution in [2.24, 2.45) is 0 Å². The molecule has 0 heterocycles. The van der Waals surface area contributed by atoms with Crippen molar-refractivity contribution >= 4 is 35.0 Å². The standard InChI is InChI=1S/C12H14Cl2N2O2/c1-8-4-2-3-5-9(8)11(17)15-6-7-16-12(18)10(13)14/h2-5,10H,6-7H2,1H3,(H,15,17)(H,16,18). The number of rotatable bonds is 5. The highest BCUT2D eigenvalue weighted by atomic mass is 35.5. The Morgan fingerprint density at radius 3 is 2.39 bits per heavy atom. The summed E-state index contributed by atoms with van der Waals surface area (Å²) in [7, 11) is 0. The van der Waals surface area contributed by atoms with Gasteiger partial charge in [-0.3, -0.25) is 9.59 Å². The van der Waals surface area contributed by atoms with Crippen LogP contribution in [-0.4, -0.2) is 29.7 Å². The van der Waals surface area contributed by atoms with Crippen molar-refractivity contribution in [2.75, 3.05) is 13.1 Å². The molecule has 0 radical (unpaired) electrons. The summed E-state index contributed by atoms with van der Waals surface area (Å²) in [5.74, 6) is -0.640. The highest BCUT2D eigenvalue weighted by Gasteiger charge is 2.10. The maximum atomic E-state index is 11.8. The third-order valence-corrected chi connectivity index (χ3v) is 2.69. The minimum atomic E-state index is -1.09. The Morgan fingerprint density at radius 1 is 1.17 bits per heavy atom. The summed E-state index contributed by atoms with van der Waals surface area (Å²) in [6.07, 6.45) is 0. The molecule has 4 nitrogen and oxygen atoms in total. The molecule has 0 fully saturated rings. The van der Waals surface area contributed by atoms with Gasteiger partial charge in [-0.25, -0.2) is 0 Å². The number of alkyl halides is 2. The van der Waals surface area contributed by atoms with E-state index in [0.717, 1.165) is 5.56 Å². The van der Waals surface area contributed by atoms with E-state index in [9.17, 15) is 9.59 Å². The molecule has 0 bridgehead atoms. The second kappa shape index (κ2) is 7.24. The van der Waals surface area contributed by atoms with E-state index in [-0.39, 0.29) is 12.5 Å². The molecular formula is C12H14Cl2N2O2. The first-order valence-electron chi connectivity index (χ1n) is 5.42. The van der Waals surface area contributed by atoms with E-state index >= 15 is 0 Å². The van der Waals surface area contributed by atoms with Crippen LogP contribution < -0.4 is 10.6 Å². The molecule has 18 heavy (non-hydrogen) atoms. The van der Waals surface area contributed by atoms with Gasteiger partial charge < -0.3 is 10.6 Å². The maximum absolute atomic E-state index is 11.8. The van der Waals surface area contributed by atoms with Gasteiger partial charge in [0, 0.05) is 18.7 Å². The zero-order valence-electron chi connectivity index (χ0n) is 9.87. The molecule has 1 aromatic rings. The first kappa shape index (κ1) is 14.8. The van der Waals surface area contributed by atoms with Crippen LogP contribution in [0.15, 0.2) is 24.3 Å². The van der Waals surface area contributed by atoms with Crippen molar-refractivity contribution in [1.29, 1.82) is 0 Å². The Balaban J connectivity index is 2.35. The lowest BCUT2D eigenvalue weighted by molar-refractivity contribution is -0.119. The van der Waals surface area contributed by atoms with Crippen LogP contribution in [-0.2, 0) is 4.79 Å². The molecule has 0 atom stereocenters. The smallest absolute Gasteiger partial charge is 0.253 e. The van der Waals surface area contributed by atoms with Crippen LogP contribution in [0, 0.1) is 6.92 Å². The number of carbonyl (C=O) groups is 2. The summed E-state index contributed by atoms with van der Waals surface area (Å²) in [6.45, 7) is 2.47. The fourth-order valence-corrected chi connectivity index (χ4v) is 1.52. The fraction of sp³-hybridized carbons (Fsp3) is 0.333. The van der Waals surface area contributed by atoms with Crippen molar-refractivity contribution in [3.05, 3.63) is 35.4 Å². The molecule has 0 aliphatic heterocycles. The summed E-state index contributed by atoms with van der Waals surface area (Å²) >= 11 is 10.7. The lowest BCUT2D eigenvalue weighted by Crippen LogP contribution is -2.36. The number of hydrogen-bond acceptors (Lipinski definition) is 2. The third kappa shape index (κ3) is 4.55. The van der Waals surface area contributed by atoms with Gasteiger partial charge in [-0.2, -0.15) is 0 Å². The predicted octanol–water partition coefficient (Wildman–Crippen LogP) is 1.64. The fourth-order valence-electron chi connectivity index (χ4n) is 1.36. The first-order chi connectivity index (χ1) is 8.52. The van der Waals surface area contributed by atoms with Crippen LogP contribution in [0.4, 0.5) is 0 Å². The van der Waals surface area contributed by atoms with Crippen LogP contribution >= 0.6 is 23.2 Å². The van der Waals surface area contributed by atoms with E-state index in [1.54, 1.807) is 12.1 Å². The molecule has 0 aromatic heterocycles. The molecule has 6 heteroatoms. The van der Waals surface area contributed by atoms with Crippen LogP contribution in [0.5, 0.6) is 0 Å². The molecule has 0 aliphatic rings. The lowest BCUT2D eigenvalue weighted by atomic mass is 10.1. The molecule has 0 saturated heterocycles. The molecule has 1 rings (SSSR count). The Labute approximate surface area is 116 Å². The Bertz CT molecular complexity index is 436. The van der Waals surface area contributed by atoms with Crippen molar-refractivity contribution in [3.8, 4) is 0 Å². The SMILES string of the molecule is Cc1ccccc1C(=O)NCCNC(=O)C(Cl)Cl. The molecule has 2 N–H and O–H groups in total. The lowest BCUT2D eigenvalue weighted by Gasteiger charge is -2.08. The summed E-state index contributed by atoms with van der Waals surface area (Å²) < 4.78 is 0. The molecule has 98 valence electrons. The second-order valence-corrected chi connectivity index (χ2v) is 4.76. The van der Waals surface area contributed by atoms with Gasteiger partial charge in [-0.15, -0.1) is 0 Å². The molecule has 2 amide bonds. The van der Waals surface area contributed by atoms with E-state index in [4.69, 9.17) is 23.2 Å². The van der Waals surface area contributed by atoms with Gasteiger partial charge in [0.05, 0.1) is 0 Å². The normalized spacial score (nSPS) is 10.2. The highest BCUT2D eigenvalue weighted by molar-refractivity contribution is 6.53. The monoisotopic (exact) mass is 288 g/mol. The van der Waals surface area contributed by atoms with E-state index in [1.165, 1.54) is 0 Å². The number of halogens is 2. The molecule has 0 saturated carbocycles. The number of amides is 2. The third-order valence-electron chi connectivity index (χ3n) is 2.30. The van der Waals surface area contributed by atoms with Crippen LogP contribution in [0.3, 0.4) is 0 Å². The Morgan fingerprint density at radius 2 is 1.78 bits per heavy atom. The van der Waals surface area contributed by atoms with Crippen molar-refractivity contribution in [3.63, 3.8) is 0 Å². The molecule has 0 aliphatic carbocycles. The summed E-state index contributed by atoms with van der Waals surface area (Å²) in [5, 5.41) is 5.18. The van der Waals surface area contributed by atoms with Gasteiger partial charge in [-0.05, 0) is 18.6 Å². The topological polar surface area (TPSA) is 58.2 Å². The zero-order chi connectivity index (χ0) is 13.5. The quantitative estimate of drug-likeness (QED) is 0.639. The van der Waals surface area contributed by atoms with Gasteiger partial charge in [0.15, 0.2) is 4.84 Å². The van der Waals surface area contributed by atoms with Gasteiger partial charge in [-0.1, -0.05) is 41.4 Å². The zero-order valence-corrected chi connectivity index (χ0v) is 11.4. The summed E-state index contributed by atoms with van der Waals surface area (Å²) in [5.41, 5.74) is 1.53. The van der Waals surface area contributed by atoms with Gasteiger partial charge in [0.25, 0.3) is 11.8 Å². The van der Waals surface area contributed by atoms with Crippen molar-refractivity contribution in [1.82, 2.24) is 10.6 Å². The van der Waals surface area contributed by atoms with Crippen LogP contribution in [0.25, 0.3) is 0 Å². The minimum Gasteiger partial charge on any atom is -0.352 e. The molecular weight excluding hydrogens is 275 g/mol. The molecule has 0 unspecified atom stereocenters. The largest absolute Gasteiger partial charge is 0.352 e. The van der Waals surface area contributed by atoms with Gasteiger partial charge >= 0.3 is 0 Å². The Kier molecular flexibility index (Phi) is 5.95. The second-order valence-electron chi connectivity index (χ2n) is 3.66. The van der Waals surface area contributed by atoms with Crippen molar-refractivity contribution < 1.29 is 9.59 Å². The highest BCUT2D eigenvalue weighted by Crippen LogP contribution is 2.06. The minimum absolute atomic E-state index is 0.171. The van der Waals surface area contributed by atoms with Gasteiger partial charge in [0.1, 0.15) is 0 Å². The summed E-state index contributed by atoms with van der Waals surface area (Å²) in [4.78, 5) is 21.7. The maximum Gasteiger partial charge on any atom is 0.253 e. The summed E-state index contributed by atoms with van der Waals surface area (Å²) in [6, 6.07) is 7.28. The van der Waals surface area contributed by atoms with Gasteiger partial charge in [0.2, 0.25) is 0 Å². The number of nitrogens with one attached hydrogen (secondary N) is 2. The molecule has 0 spiro atoms. The number of benzene rings is 1. The Hall–Kier alpha value is -1.26. The number of carbonyl (C=O) groups excluding carboxylic acids is 2. The van der Waals surface area contributed by atoms with Crippen LogP contribution in [0.2, 0.25) is 0 Å². The average Bonchev–Trinajstić information content (AvgIpc) is 2.34. The van der Waals surface area contributed by atoms with E-state index in [1.807, 2.05) is 19.1 Å². The van der Waals surface area contributed by atoms with Crippen LogP contribution in [0.1, 0.15) is 15.9 Å². The van der Waals surface area contributed by atoms with E-state index < -0.39 is 10.7 Å². The molecule has 1 aromatic carbocycles. The number of aryl methyl sites for hydroxylation is 1. The average molecular weight is 289 g/mol. The van der Waals surface area contributed by atoms with E-state index in [0.29, 0.717) is 12.1 Å². The number of hydrogen-bond donors (Lipinski definition) is 2.